The van der Waals surface area contributed by atoms with E-state index in [2.05, 4.69) is 20.0 Å². The Kier molecular flexibility index (Phi) is 6.07. The van der Waals surface area contributed by atoms with Gasteiger partial charge in [0, 0.05) is 59.3 Å². The molecule has 1 amide bonds. The fourth-order valence-corrected chi connectivity index (χ4v) is 2.92. The average Bonchev–Trinajstić information content (AvgIpc) is 2.90. The molecule has 0 atom stereocenters. The summed E-state index contributed by atoms with van der Waals surface area (Å²) in [6.07, 6.45) is 2.77. The molecule has 2 heterocycles. The molecular formula is C14H28N4O. The second-order valence-electron chi connectivity index (χ2n) is 5.71. The molecule has 19 heavy (non-hydrogen) atoms. The molecule has 0 unspecified atom stereocenters. The van der Waals surface area contributed by atoms with Crippen LogP contribution in [0.25, 0.3) is 0 Å². The van der Waals surface area contributed by atoms with Gasteiger partial charge in [-0.2, -0.15) is 0 Å². The molecule has 0 aromatic heterocycles. The number of nitrogens with zero attached hydrogens (tertiary/aromatic N) is 3. The van der Waals surface area contributed by atoms with Crippen molar-refractivity contribution in [2.75, 3.05) is 65.4 Å². The minimum absolute atomic E-state index is 0.0734. The molecule has 0 aliphatic carbocycles. The van der Waals surface area contributed by atoms with Crippen LogP contribution in [0.1, 0.15) is 19.8 Å². The topological polar surface area (TPSA) is 38.8 Å². The predicted octanol–water partition coefficient (Wildman–Crippen LogP) is -0.164. The molecule has 0 spiro atoms. The SMILES string of the molecule is CC(=O)NCCN1CCN(CCN2CCCC2)CC1. The van der Waals surface area contributed by atoms with E-state index in [-0.39, 0.29) is 5.91 Å². The van der Waals surface area contributed by atoms with Crippen LogP contribution >= 0.6 is 0 Å². The third-order valence-corrected chi connectivity index (χ3v) is 4.20. The van der Waals surface area contributed by atoms with Crippen LogP contribution in [0.5, 0.6) is 0 Å². The van der Waals surface area contributed by atoms with Gasteiger partial charge in [0.25, 0.3) is 0 Å². The van der Waals surface area contributed by atoms with Crippen molar-refractivity contribution in [2.24, 2.45) is 0 Å². The molecule has 0 aromatic rings. The molecule has 0 bridgehead atoms. The molecule has 2 fully saturated rings. The van der Waals surface area contributed by atoms with Crippen LogP contribution in [0.3, 0.4) is 0 Å². The summed E-state index contributed by atoms with van der Waals surface area (Å²) in [5, 5.41) is 2.87. The van der Waals surface area contributed by atoms with Gasteiger partial charge in [0.2, 0.25) is 5.91 Å². The van der Waals surface area contributed by atoms with Crippen molar-refractivity contribution in [3.05, 3.63) is 0 Å². The third kappa shape index (κ3) is 5.47. The number of rotatable bonds is 6. The molecule has 2 aliphatic rings. The van der Waals surface area contributed by atoms with E-state index in [1.54, 1.807) is 6.92 Å². The number of likely N-dealkylation sites (tertiary alicyclic amines) is 1. The summed E-state index contributed by atoms with van der Waals surface area (Å²) in [6, 6.07) is 0. The molecule has 1 N–H and O–H groups in total. The second kappa shape index (κ2) is 7.82. The van der Waals surface area contributed by atoms with E-state index in [1.165, 1.54) is 52.1 Å². The summed E-state index contributed by atoms with van der Waals surface area (Å²) in [6.45, 7) is 13.0. The largest absolute Gasteiger partial charge is 0.355 e. The van der Waals surface area contributed by atoms with E-state index in [0.29, 0.717) is 0 Å². The molecule has 2 saturated heterocycles. The van der Waals surface area contributed by atoms with Crippen LogP contribution in [0.4, 0.5) is 0 Å². The number of piperazine rings is 1. The lowest BCUT2D eigenvalue weighted by atomic mass is 10.3. The molecule has 2 aliphatic heterocycles. The maximum atomic E-state index is 10.8. The Morgan fingerprint density at radius 2 is 1.32 bits per heavy atom. The van der Waals surface area contributed by atoms with Crippen molar-refractivity contribution in [3.8, 4) is 0 Å². The molecule has 0 aromatic carbocycles. The van der Waals surface area contributed by atoms with Crippen molar-refractivity contribution < 1.29 is 4.79 Å². The highest BCUT2D eigenvalue weighted by molar-refractivity contribution is 5.72. The Morgan fingerprint density at radius 3 is 1.84 bits per heavy atom. The molecule has 0 radical (unpaired) electrons. The van der Waals surface area contributed by atoms with E-state index < -0.39 is 0 Å². The lowest BCUT2D eigenvalue weighted by molar-refractivity contribution is -0.119. The van der Waals surface area contributed by atoms with Gasteiger partial charge in [0.1, 0.15) is 0 Å². The highest BCUT2D eigenvalue weighted by Gasteiger charge is 2.18. The second-order valence-corrected chi connectivity index (χ2v) is 5.71. The Labute approximate surface area is 116 Å². The van der Waals surface area contributed by atoms with Gasteiger partial charge < -0.3 is 10.2 Å². The first-order chi connectivity index (χ1) is 9.24. The zero-order valence-corrected chi connectivity index (χ0v) is 12.2. The maximum absolute atomic E-state index is 10.8. The quantitative estimate of drug-likeness (QED) is 0.726. The van der Waals surface area contributed by atoms with Gasteiger partial charge in [-0.25, -0.2) is 0 Å². The number of amides is 1. The van der Waals surface area contributed by atoms with Gasteiger partial charge in [0.05, 0.1) is 0 Å². The fraction of sp³-hybridized carbons (Fsp3) is 0.929. The standard InChI is InChI=1S/C14H28N4O/c1-14(19)15-4-7-17-9-12-18(13-10-17)11-8-16-5-2-3-6-16/h2-13H2,1H3,(H,15,19). The summed E-state index contributed by atoms with van der Waals surface area (Å²) < 4.78 is 0. The van der Waals surface area contributed by atoms with Gasteiger partial charge in [-0.3, -0.25) is 14.6 Å². The van der Waals surface area contributed by atoms with Gasteiger partial charge in [-0.1, -0.05) is 0 Å². The van der Waals surface area contributed by atoms with Crippen LogP contribution in [0.15, 0.2) is 0 Å². The summed E-state index contributed by atoms with van der Waals surface area (Å²) in [7, 11) is 0. The summed E-state index contributed by atoms with van der Waals surface area (Å²) in [5.74, 6) is 0.0734. The van der Waals surface area contributed by atoms with Gasteiger partial charge in [-0.15, -0.1) is 0 Å². The smallest absolute Gasteiger partial charge is 0.216 e. The molecule has 2 rings (SSSR count). The number of nitrogens with one attached hydrogen (secondary N) is 1. The molecule has 110 valence electrons. The van der Waals surface area contributed by atoms with Gasteiger partial charge in [-0.05, 0) is 25.9 Å². The van der Waals surface area contributed by atoms with E-state index >= 15 is 0 Å². The lowest BCUT2D eigenvalue weighted by Gasteiger charge is -2.35. The van der Waals surface area contributed by atoms with Crippen LogP contribution in [-0.2, 0) is 4.79 Å². The molecule has 5 heteroatoms. The number of carbonyl (C=O) groups excluding carboxylic acids is 1. The Morgan fingerprint density at radius 1 is 0.842 bits per heavy atom. The molecule has 5 nitrogen and oxygen atoms in total. The number of hydrogen-bond acceptors (Lipinski definition) is 4. The summed E-state index contributed by atoms with van der Waals surface area (Å²) in [4.78, 5) is 18.4. The normalized spacial score (nSPS) is 22.8. The van der Waals surface area contributed by atoms with Crippen LogP contribution in [-0.4, -0.2) is 86.1 Å². The van der Waals surface area contributed by atoms with Crippen molar-refractivity contribution in [1.82, 2.24) is 20.0 Å². The third-order valence-electron chi connectivity index (χ3n) is 4.20. The molecular weight excluding hydrogens is 240 g/mol. The summed E-state index contributed by atoms with van der Waals surface area (Å²) in [5.41, 5.74) is 0. The van der Waals surface area contributed by atoms with Crippen LogP contribution in [0, 0.1) is 0 Å². The number of hydrogen-bond donors (Lipinski definition) is 1. The van der Waals surface area contributed by atoms with Crippen molar-refractivity contribution in [1.29, 1.82) is 0 Å². The first-order valence-electron chi connectivity index (χ1n) is 7.65. The first kappa shape index (κ1) is 14.8. The van der Waals surface area contributed by atoms with E-state index in [9.17, 15) is 4.79 Å². The Balaban J connectivity index is 1.53. The Hall–Kier alpha value is -0.650. The monoisotopic (exact) mass is 268 g/mol. The van der Waals surface area contributed by atoms with Crippen molar-refractivity contribution >= 4 is 5.91 Å². The Bertz CT molecular complexity index is 271. The summed E-state index contributed by atoms with van der Waals surface area (Å²) >= 11 is 0. The predicted molar refractivity (Wildman–Crippen MR) is 77.2 cm³/mol. The maximum Gasteiger partial charge on any atom is 0.216 e. The molecule has 0 saturated carbocycles. The average molecular weight is 268 g/mol. The van der Waals surface area contributed by atoms with Crippen LogP contribution in [0.2, 0.25) is 0 Å². The van der Waals surface area contributed by atoms with Gasteiger partial charge >= 0.3 is 0 Å². The zero-order chi connectivity index (χ0) is 13.5. The van der Waals surface area contributed by atoms with E-state index in [1.807, 2.05) is 0 Å². The minimum Gasteiger partial charge on any atom is -0.355 e. The van der Waals surface area contributed by atoms with Crippen molar-refractivity contribution in [3.63, 3.8) is 0 Å². The lowest BCUT2D eigenvalue weighted by Crippen LogP contribution is -2.49. The van der Waals surface area contributed by atoms with Crippen LogP contribution < -0.4 is 5.32 Å². The van der Waals surface area contributed by atoms with E-state index in [4.69, 9.17) is 0 Å². The fourth-order valence-electron chi connectivity index (χ4n) is 2.92. The van der Waals surface area contributed by atoms with Crippen molar-refractivity contribution in [2.45, 2.75) is 19.8 Å². The highest BCUT2D eigenvalue weighted by Crippen LogP contribution is 2.07. The minimum atomic E-state index is 0.0734. The van der Waals surface area contributed by atoms with E-state index in [0.717, 1.165) is 26.2 Å². The number of carbonyl (C=O) groups is 1. The highest BCUT2D eigenvalue weighted by atomic mass is 16.1. The first-order valence-corrected chi connectivity index (χ1v) is 7.65. The van der Waals surface area contributed by atoms with Gasteiger partial charge in [0.15, 0.2) is 0 Å². The zero-order valence-electron chi connectivity index (χ0n) is 12.2.